The average Bonchev–Trinajstić information content (AvgIpc) is 3.59. The van der Waals surface area contributed by atoms with Gasteiger partial charge in [0.1, 0.15) is 29.6 Å². The quantitative estimate of drug-likeness (QED) is 0.204. The summed E-state index contributed by atoms with van der Waals surface area (Å²) in [4.78, 5) is 10.5. The van der Waals surface area contributed by atoms with Gasteiger partial charge < -0.3 is 14.5 Å². The third-order valence-electron chi connectivity index (χ3n) is 10.4. The highest BCUT2D eigenvalue weighted by Gasteiger charge is 2.27. The van der Waals surface area contributed by atoms with Crippen molar-refractivity contribution in [2.24, 2.45) is 21.8 Å². The van der Waals surface area contributed by atoms with Crippen molar-refractivity contribution in [3.63, 3.8) is 0 Å². The Morgan fingerprint density at radius 2 is 1.57 bits per heavy atom. The van der Waals surface area contributed by atoms with E-state index in [4.69, 9.17) is 19.1 Å². The molecule has 10 rings (SSSR count). The molecule has 3 heterocycles. The van der Waals surface area contributed by atoms with Crippen LogP contribution >= 0.6 is 0 Å². The molecule has 1 aromatic heterocycles. The summed E-state index contributed by atoms with van der Waals surface area (Å²) in [6.07, 6.45) is 27.8. The number of hydrogen-bond acceptors (Lipinski definition) is 5. The minimum Gasteiger partial charge on any atom is -0.493 e. The SMILES string of the molecule is C1=CC2C=CC(c3cc(C4=NC(c5ccc6ccc(-c7ccccc7)cc6c5)N=C(C5=CCCC=C5)N4)cc4oc5c(c34)C=COC5)=CC2C=C1. The van der Waals surface area contributed by atoms with Crippen molar-refractivity contribution in [3.05, 3.63) is 179 Å². The lowest BCUT2D eigenvalue weighted by molar-refractivity contribution is 0.210. The molecule has 2 aliphatic heterocycles. The third kappa shape index (κ3) is 5.42. The smallest absolute Gasteiger partial charge is 0.169 e. The van der Waals surface area contributed by atoms with E-state index < -0.39 is 6.17 Å². The Bertz CT molecular complexity index is 2520. The number of aliphatic imine (C=N–C) groups is 2. The summed E-state index contributed by atoms with van der Waals surface area (Å²) in [5.41, 5.74) is 9.67. The largest absolute Gasteiger partial charge is 0.493 e. The minimum atomic E-state index is -0.425. The molecule has 5 aromatic rings. The predicted octanol–water partition coefficient (Wildman–Crippen LogP) is 10.8. The van der Waals surface area contributed by atoms with Crippen molar-refractivity contribution in [1.29, 1.82) is 0 Å². The predicted molar refractivity (Wildman–Crippen MR) is 208 cm³/mol. The van der Waals surface area contributed by atoms with Crippen molar-refractivity contribution in [2.45, 2.75) is 25.6 Å². The van der Waals surface area contributed by atoms with Crippen molar-refractivity contribution in [1.82, 2.24) is 5.32 Å². The van der Waals surface area contributed by atoms with Crippen LogP contribution in [0.4, 0.5) is 0 Å². The summed E-state index contributed by atoms with van der Waals surface area (Å²) in [5.74, 6) is 3.12. The summed E-state index contributed by atoms with van der Waals surface area (Å²) in [6, 6.07) is 28.2. The molecule has 5 nitrogen and oxygen atoms in total. The highest BCUT2D eigenvalue weighted by Crippen LogP contribution is 2.41. The Labute approximate surface area is 296 Å². The van der Waals surface area contributed by atoms with Crippen LogP contribution in [0.3, 0.4) is 0 Å². The molecular weight excluding hydrogens is 627 g/mol. The number of benzene rings is 4. The fourth-order valence-electron chi connectivity index (χ4n) is 7.76. The fraction of sp³-hybridized carbons (Fsp3) is 0.130. The number of hydrogen-bond donors (Lipinski definition) is 1. The van der Waals surface area contributed by atoms with Crippen LogP contribution in [0.5, 0.6) is 0 Å². The maximum atomic E-state index is 6.52. The van der Waals surface area contributed by atoms with Gasteiger partial charge in [0.15, 0.2) is 6.17 Å². The number of amidine groups is 2. The highest BCUT2D eigenvalue weighted by molar-refractivity contribution is 6.18. The lowest BCUT2D eigenvalue weighted by Gasteiger charge is -2.25. The van der Waals surface area contributed by atoms with E-state index in [2.05, 4.69) is 145 Å². The van der Waals surface area contributed by atoms with Crippen LogP contribution in [0.2, 0.25) is 0 Å². The Morgan fingerprint density at radius 3 is 2.47 bits per heavy atom. The molecule has 0 radical (unpaired) electrons. The molecule has 51 heavy (non-hydrogen) atoms. The molecule has 5 heteroatoms. The van der Waals surface area contributed by atoms with Crippen LogP contribution in [-0.4, -0.2) is 11.7 Å². The zero-order valence-electron chi connectivity index (χ0n) is 28.0. The summed E-state index contributed by atoms with van der Waals surface area (Å²) >= 11 is 0. The number of allylic oxidation sites excluding steroid dienone is 10. The van der Waals surface area contributed by atoms with Crippen LogP contribution < -0.4 is 5.32 Å². The molecule has 3 atom stereocenters. The van der Waals surface area contributed by atoms with E-state index in [0.29, 0.717) is 18.4 Å². The first-order valence-corrected chi connectivity index (χ1v) is 17.8. The van der Waals surface area contributed by atoms with Gasteiger partial charge >= 0.3 is 0 Å². The van der Waals surface area contributed by atoms with Crippen LogP contribution in [0.25, 0.3) is 44.5 Å². The normalized spacial score (nSPS) is 21.7. The molecule has 3 aliphatic carbocycles. The first-order valence-electron chi connectivity index (χ1n) is 17.8. The molecule has 5 aliphatic rings. The van der Waals surface area contributed by atoms with E-state index in [9.17, 15) is 0 Å². The van der Waals surface area contributed by atoms with Gasteiger partial charge in [0.2, 0.25) is 0 Å². The van der Waals surface area contributed by atoms with E-state index >= 15 is 0 Å². The van der Waals surface area contributed by atoms with Crippen molar-refractivity contribution in [2.75, 3.05) is 0 Å². The average molecular weight is 662 g/mol. The second-order valence-electron chi connectivity index (χ2n) is 13.6. The third-order valence-corrected chi connectivity index (χ3v) is 10.4. The fourth-order valence-corrected chi connectivity index (χ4v) is 7.76. The first kappa shape index (κ1) is 29.7. The van der Waals surface area contributed by atoms with E-state index in [1.165, 1.54) is 27.5 Å². The van der Waals surface area contributed by atoms with Gasteiger partial charge in [0, 0.05) is 33.9 Å². The molecule has 246 valence electrons. The molecule has 0 saturated heterocycles. The Balaban J connectivity index is 1.11. The van der Waals surface area contributed by atoms with Gasteiger partial charge in [0.25, 0.3) is 0 Å². The molecule has 0 fully saturated rings. The van der Waals surface area contributed by atoms with Crippen molar-refractivity contribution in [3.8, 4) is 11.1 Å². The molecule has 4 aromatic carbocycles. The molecular formula is C46H35N3O2. The van der Waals surface area contributed by atoms with Crippen LogP contribution in [0, 0.1) is 11.8 Å². The Morgan fingerprint density at radius 1 is 0.686 bits per heavy atom. The Kier molecular flexibility index (Phi) is 7.16. The van der Waals surface area contributed by atoms with Crippen molar-refractivity contribution >= 4 is 45.1 Å². The standard InChI is InChI=1S/C46H35N3O2/c1-3-9-29(10-4-1)34-18-15-31-17-20-36(25-37(31)24-34)45-47-44(32-12-5-2-6-13-32)48-46(49-45)38-26-40(35-19-16-30-11-7-8-14-33(30)23-35)43-39-21-22-50-28-42(39)51-41(43)27-38/h1,3-5,7-27,30,33,45H,2,6,28H2,(H,47,48,49). The zero-order valence-corrected chi connectivity index (χ0v) is 28.0. The van der Waals surface area contributed by atoms with Crippen LogP contribution in [0.15, 0.2) is 166 Å². The maximum absolute atomic E-state index is 6.52. The van der Waals surface area contributed by atoms with E-state index in [-0.39, 0.29) is 0 Å². The van der Waals surface area contributed by atoms with Gasteiger partial charge in [-0.15, -0.1) is 0 Å². The minimum absolute atomic E-state index is 0.309. The number of furan rings is 1. The summed E-state index contributed by atoms with van der Waals surface area (Å²) in [6.45, 7) is 0.412. The van der Waals surface area contributed by atoms with Crippen LogP contribution in [0.1, 0.15) is 47.0 Å². The lowest BCUT2D eigenvalue weighted by atomic mass is 9.80. The number of nitrogens with one attached hydrogen (secondary N) is 1. The van der Waals surface area contributed by atoms with E-state index in [1.54, 1.807) is 6.26 Å². The first-order chi connectivity index (χ1) is 25.2. The van der Waals surface area contributed by atoms with E-state index in [0.717, 1.165) is 69.1 Å². The zero-order chi connectivity index (χ0) is 33.7. The number of fused-ring (bicyclic) bond motifs is 5. The van der Waals surface area contributed by atoms with Crippen molar-refractivity contribution < 1.29 is 9.15 Å². The monoisotopic (exact) mass is 661 g/mol. The second kappa shape index (κ2) is 12.3. The summed E-state index contributed by atoms with van der Waals surface area (Å²) < 4.78 is 12.2. The number of nitrogens with zero attached hydrogens (tertiary/aromatic N) is 2. The topological polar surface area (TPSA) is 59.1 Å². The summed E-state index contributed by atoms with van der Waals surface area (Å²) in [7, 11) is 0. The van der Waals surface area contributed by atoms with Gasteiger partial charge in [-0.3, -0.25) is 0 Å². The molecule has 0 amide bonds. The molecule has 0 saturated carbocycles. The number of ether oxygens (including phenoxy) is 1. The number of rotatable bonds is 5. The molecule has 3 unspecified atom stereocenters. The maximum Gasteiger partial charge on any atom is 0.169 e. The van der Waals surface area contributed by atoms with Crippen LogP contribution in [-0.2, 0) is 11.3 Å². The molecule has 1 N–H and O–H groups in total. The van der Waals surface area contributed by atoms with Gasteiger partial charge in [-0.25, -0.2) is 9.98 Å². The van der Waals surface area contributed by atoms with E-state index in [1.807, 2.05) is 6.08 Å². The summed E-state index contributed by atoms with van der Waals surface area (Å²) in [5, 5.41) is 7.10. The Hall–Kier alpha value is -6.20. The lowest BCUT2D eigenvalue weighted by Crippen LogP contribution is -2.36. The van der Waals surface area contributed by atoms with Gasteiger partial charge in [-0.05, 0) is 81.8 Å². The second-order valence-corrected chi connectivity index (χ2v) is 13.6. The highest BCUT2D eigenvalue weighted by atomic mass is 16.5. The van der Waals surface area contributed by atoms with Gasteiger partial charge in [0.05, 0.1) is 6.26 Å². The van der Waals surface area contributed by atoms with Gasteiger partial charge in [-0.1, -0.05) is 115 Å². The molecule has 0 spiro atoms. The molecule has 0 bridgehead atoms. The van der Waals surface area contributed by atoms with Gasteiger partial charge in [-0.2, -0.15) is 0 Å².